The molecule has 2 N–H and O–H groups in total. The molecule has 5 nitrogen and oxygen atoms in total. The molecule has 1 aliphatic carbocycles. The van der Waals surface area contributed by atoms with Crippen LogP contribution in [0, 0.1) is 5.82 Å². The number of rotatable bonds is 5. The SMILES string of the molecule is CN=C(NCc1ccc(Oc2ccc(F)cc2)nc1)NC1CCCC1.I. The van der Waals surface area contributed by atoms with Crippen LogP contribution in [-0.2, 0) is 6.54 Å². The van der Waals surface area contributed by atoms with Crippen molar-refractivity contribution in [2.45, 2.75) is 38.3 Å². The van der Waals surface area contributed by atoms with Gasteiger partial charge < -0.3 is 15.4 Å². The topological polar surface area (TPSA) is 58.5 Å². The first-order valence-corrected chi connectivity index (χ1v) is 8.58. The van der Waals surface area contributed by atoms with Gasteiger partial charge in [-0.15, -0.1) is 24.0 Å². The van der Waals surface area contributed by atoms with E-state index >= 15 is 0 Å². The number of halogens is 2. The summed E-state index contributed by atoms with van der Waals surface area (Å²) < 4.78 is 18.5. The molecule has 26 heavy (non-hydrogen) atoms. The Hall–Kier alpha value is -1.90. The maximum Gasteiger partial charge on any atom is 0.219 e. The van der Waals surface area contributed by atoms with Gasteiger partial charge in [0, 0.05) is 31.9 Å². The minimum atomic E-state index is -0.290. The van der Waals surface area contributed by atoms with Crippen LogP contribution < -0.4 is 15.4 Å². The molecule has 1 fully saturated rings. The Morgan fingerprint density at radius 3 is 2.54 bits per heavy atom. The van der Waals surface area contributed by atoms with Crippen molar-refractivity contribution < 1.29 is 9.13 Å². The van der Waals surface area contributed by atoms with Crippen molar-refractivity contribution in [2.75, 3.05) is 7.05 Å². The fourth-order valence-corrected chi connectivity index (χ4v) is 2.84. The fourth-order valence-electron chi connectivity index (χ4n) is 2.84. The minimum absolute atomic E-state index is 0. The molecular formula is C19H24FIN4O. The van der Waals surface area contributed by atoms with E-state index < -0.39 is 0 Å². The Bertz CT molecular complexity index is 700. The van der Waals surface area contributed by atoms with Gasteiger partial charge in [0.2, 0.25) is 5.88 Å². The van der Waals surface area contributed by atoms with E-state index in [2.05, 4.69) is 20.6 Å². The highest BCUT2D eigenvalue weighted by atomic mass is 127. The summed E-state index contributed by atoms with van der Waals surface area (Å²) in [6, 6.07) is 10.1. The number of benzene rings is 1. The first-order valence-electron chi connectivity index (χ1n) is 8.58. The van der Waals surface area contributed by atoms with Crippen molar-refractivity contribution in [2.24, 2.45) is 4.99 Å². The zero-order valence-electron chi connectivity index (χ0n) is 14.7. The third-order valence-corrected chi connectivity index (χ3v) is 4.21. The van der Waals surface area contributed by atoms with E-state index in [-0.39, 0.29) is 29.8 Å². The quantitative estimate of drug-likeness (QED) is 0.390. The van der Waals surface area contributed by atoms with Crippen LogP contribution in [0.2, 0.25) is 0 Å². The van der Waals surface area contributed by atoms with Gasteiger partial charge in [0.15, 0.2) is 5.96 Å². The Morgan fingerprint density at radius 1 is 1.19 bits per heavy atom. The van der Waals surface area contributed by atoms with Crippen LogP contribution in [0.1, 0.15) is 31.2 Å². The second-order valence-electron chi connectivity index (χ2n) is 6.11. The van der Waals surface area contributed by atoms with Crippen LogP contribution in [0.3, 0.4) is 0 Å². The summed E-state index contributed by atoms with van der Waals surface area (Å²) in [6.07, 6.45) is 6.74. The summed E-state index contributed by atoms with van der Waals surface area (Å²) >= 11 is 0. The van der Waals surface area contributed by atoms with Crippen molar-refractivity contribution >= 4 is 29.9 Å². The van der Waals surface area contributed by atoms with Crippen LogP contribution in [0.4, 0.5) is 4.39 Å². The second kappa shape index (κ2) is 10.3. The van der Waals surface area contributed by atoms with Crippen molar-refractivity contribution in [3.63, 3.8) is 0 Å². The van der Waals surface area contributed by atoms with Gasteiger partial charge in [0.05, 0.1) is 0 Å². The Kier molecular flexibility index (Phi) is 8.08. The summed E-state index contributed by atoms with van der Waals surface area (Å²) in [4.78, 5) is 8.55. The lowest BCUT2D eigenvalue weighted by Gasteiger charge is -2.16. The molecule has 1 aromatic heterocycles. The van der Waals surface area contributed by atoms with Gasteiger partial charge in [0.25, 0.3) is 0 Å². The second-order valence-corrected chi connectivity index (χ2v) is 6.11. The molecule has 1 aromatic carbocycles. The Balaban J connectivity index is 0.00000243. The Morgan fingerprint density at radius 2 is 1.92 bits per heavy atom. The molecule has 7 heteroatoms. The van der Waals surface area contributed by atoms with Gasteiger partial charge in [0.1, 0.15) is 11.6 Å². The number of ether oxygens (including phenoxy) is 1. The molecule has 0 spiro atoms. The van der Waals surface area contributed by atoms with E-state index in [1.165, 1.54) is 37.8 Å². The largest absolute Gasteiger partial charge is 0.439 e. The van der Waals surface area contributed by atoms with Crippen LogP contribution in [0.15, 0.2) is 47.6 Å². The lowest BCUT2D eigenvalue weighted by molar-refractivity contribution is 0.461. The lowest BCUT2D eigenvalue weighted by Crippen LogP contribution is -2.41. The number of hydrogen-bond donors (Lipinski definition) is 2. The number of hydrogen-bond acceptors (Lipinski definition) is 3. The van der Waals surface area contributed by atoms with E-state index in [0.29, 0.717) is 24.2 Å². The van der Waals surface area contributed by atoms with E-state index in [4.69, 9.17) is 4.74 Å². The summed E-state index contributed by atoms with van der Waals surface area (Å²) in [5.74, 6) is 1.56. The van der Waals surface area contributed by atoms with Crippen LogP contribution in [-0.4, -0.2) is 24.0 Å². The number of pyridine rings is 1. The molecule has 0 atom stereocenters. The predicted octanol–water partition coefficient (Wildman–Crippen LogP) is 4.24. The summed E-state index contributed by atoms with van der Waals surface area (Å²) in [5, 5.41) is 6.75. The molecule has 0 amide bonds. The number of nitrogens with one attached hydrogen (secondary N) is 2. The molecule has 0 radical (unpaired) electrons. The average molecular weight is 470 g/mol. The number of aromatic nitrogens is 1. The average Bonchev–Trinajstić information content (AvgIpc) is 3.15. The minimum Gasteiger partial charge on any atom is -0.439 e. The highest BCUT2D eigenvalue weighted by Gasteiger charge is 2.15. The van der Waals surface area contributed by atoms with E-state index in [1.54, 1.807) is 31.4 Å². The van der Waals surface area contributed by atoms with E-state index in [1.807, 2.05) is 6.07 Å². The summed E-state index contributed by atoms with van der Waals surface area (Å²) in [5.41, 5.74) is 1.03. The van der Waals surface area contributed by atoms with E-state index in [9.17, 15) is 4.39 Å². The number of nitrogens with zero attached hydrogens (tertiary/aromatic N) is 2. The zero-order chi connectivity index (χ0) is 17.5. The van der Waals surface area contributed by atoms with Crippen molar-refractivity contribution in [1.82, 2.24) is 15.6 Å². The normalized spacial score (nSPS) is 14.6. The highest BCUT2D eigenvalue weighted by molar-refractivity contribution is 14.0. The van der Waals surface area contributed by atoms with Gasteiger partial charge in [-0.3, -0.25) is 4.99 Å². The van der Waals surface area contributed by atoms with Crippen LogP contribution in [0.5, 0.6) is 11.6 Å². The van der Waals surface area contributed by atoms with Crippen LogP contribution >= 0.6 is 24.0 Å². The third-order valence-electron chi connectivity index (χ3n) is 4.21. The molecule has 3 rings (SSSR count). The molecule has 2 aromatic rings. The zero-order valence-corrected chi connectivity index (χ0v) is 17.1. The maximum absolute atomic E-state index is 12.9. The molecule has 0 unspecified atom stereocenters. The molecule has 0 bridgehead atoms. The molecule has 140 valence electrons. The first kappa shape index (κ1) is 20.4. The predicted molar refractivity (Wildman–Crippen MR) is 112 cm³/mol. The van der Waals surface area contributed by atoms with Crippen molar-refractivity contribution in [1.29, 1.82) is 0 Å². The molecule has 1 saturated carbocycles. The molecule has 1 aliphatic rings. The van der Waals surface area contributed by atoms with Crippen LogP contribution in [0.25, 0.3) is 0 Å². The highest BCUT2D eigenvalue weighted by Crippen LogP contribution is 2.19. The van der Waals surface area contributed by atoms with Gasteiger partial charge >= 0.3 is 0 Å². The molecular weight excluding hydrogens is 446 g/mol. The Labute approximate surface area is 170 Å². The van der Waals surface area contributed by atoms with Gasteiger partial charge in [-0.05, 0) is 42.7 Å². The van der Waals surface area contributed by atoms with Gasteiger partial charge in [-0.25, -0.2) is 9.37 Å². The number of aliphatic imine (C=N–C) groups is 1. The molecule has 0 aliphatic heterocycles. The monoisotopic (exact) mass is 470 g/mol. The summed E-state index contributed by atoms with van der Waals surface area (Å²) in [6.45, 7) is 0.635. The fraction of sp³-hybridized carbons (Fsp3) is 0.368. The van der Waals surface area contributed by atoms with Crippen molar-refractivity contribution in [3.05, 3.63) is 54.0 Å². The molecule has 1 heterocycles. The summed E-state index contributed by atoms with van der Waals surface area (Å²) in [7, 11) is 1.78. The number of guanidine groups is 1. The van der Waals surface area contributed by atoms with Gasteiger partial charge in [-0.1, -0.05) is 18.9 Å². The lowest BCUT2D eigenvalue weighted by atomic mass is 10.2. The van der Waals surface area contributed by atoms with Gasteiger partial charge in [-0.2, -0.15) is 0 Å². The van der Waals surface area contributed by atoms with Crippen molar-refractivity contribution in [3.8, 4) is 11.6 Å². The smallest absolute Gasteiger partial charge is 0.219 e. The third kappa shape index (κ3) is 6.12. The molecule has 0 saturated heterocycles. The first-order chi connectivity index (χ1) is 12.2. The van der Waals surface area contributed by atoms with E-state index in [0.717, 1.165) is 11.5 Å². The maximum atomic E-state index is 12.9. The standard InChI is InChI=1S/C19H23FN4O.HI/c1-21-19(24-16-4-2-3-5-16)23-13-14-6-11-18(22-12-14)25-17-9-7-15(20)8-10-17;/h6-12,16H,2-5,13H2,1H3,(H2,21,23,24);1H.